The van der Waals surface area contributed by atoms with Crippen molar-refractivity contribution in [2.75, 3.05) is 5.88 Å². The molecule has 0 fully saturated rings. The average molecular weight is 324 g/mol. The summed E-state index contributed by atoms with van der Waals surface area (Å²) in [6, 6.07) is 0. The van der Waals surface area contributed by atoms with Gasteiger partial charge in [0.25, 0.3) is 5.56 Å². The number of rotatable bonds is 3. The van der Waals surface area contributed by atoms with E-state index in [0.717, 1.165) is 11.4 Å². The summed E-state index contributed by atoms with van der Waals surface area (Å²) in [5.74, 6) is 1.10. The SMILES string of the molecule is CCn1c(=O)c2c(nc3n(CCCl)c(C)c(C)n23)n(C)c1=O. The van der Waals surface area contributed by atoms with E-state index in [1.54, 1.807) is 14.0 Å². The van der Waals surface area contributed by atoms with E-state index in [1.807, 2.05) is 22.8 Å². The van der Waals surface area contributed by atoms with Gasteiger partial charge in [-0.15, -0.1) is 11.6 Å². The second-order valence-electron chi connectivity index (χ2n) is 5.32. The highest BCUT2D eigenvalue weighted by molar-refractivity contribution is 6.17. The zero-order chi connectivity index (χ0) is 16.2. The number of aryl methyl sites for hydroxylation is 3. The summed E-state index contributed by atoms with van der Waals surface area (Å²) in [5.41, 5.74) is 2.13. The number of hydrogen-bond donors (Lipinski definition) is 0. The molecule has 0 aliphatic rings. The summed E-state index contributed by atoms with van der Waals surface area (Å²) in [6.07, 6.45) is 0. The van der Waals surface area contributed by atoms with Gasteiger partial charge < -0.3 is 4.57 Å². The van der Waals surface area contributed by atoms with Crippen LogP contribution in [0.4, 0.5) is 0 Å². The van der Waals surface area contributed by atoms with Crippen LogP contribution in [0.5, 0.6) is 0 Å². The highest BCUT2D eigenvalue weighted by Crippen LogP contribution is 2.20. The van der Waals surface area contributed by atoms with Crippen LogP contribution in [0.2, 0.25) is 0 Å². The minimum absolute atomic E-state index is 0.306. The number of halogens is 1. The third-order valence-electron chi connectivity index (χ3n) is 4.25. The van der Waals surface area contributed by atoms with Gasteiger partial charge >= 0.3 is 5.69 Å². The normalized spacial score (nSPS) is 11.9. The van der Waals surface area contributed by atoms with Gasteiger partial charge in [0.2, 0.25) is 5.78 Å². The highest BCUT2D eigenvalue weighted by atomic mass is 35.5. The van der Waals surface area contributed by atoms with E-state index >= 15 is 0 Å². The molecule has 0 unspecified atom stereocenters. The Labute approximate surface area is 131 Å². The molecule has 22 heavy (non-hydrogen) atoms. The maximum atomic E-state index is 12.7. The standard InChI is InChI=1S/C14H18ClN5O2/c1-5-18-12(21)10-11(17(4)14(18)22)16-13-19(7-6-15)8(2)9(3)20(10)13/h5-7H2,1-4H3. The Morgan fingerprint density at radius 2 is 1.82 bits per heavy atom. The van der Waals surface area contributed by atoms with E-state index in [4.69, 9.17) is 11.6 Å². The van der Waals surface area contributed by atoms with Crippen molar-refractivity contribution in [1.29, 1.82) is 0 Å². The van der Waals surface area contributed by atoms with Crippen molar-refractivity contribution < 1.29 is 0 Å². The largest absolute Gasteiger partial charge is 0.332 e. The molecule has 7 nitrogen and oxygen atoms in total. The molecule has 8 heteroatoms. The Morgan fingerprint density at radius 3 is 2.41 bits per heavy atom. The highest BCUT2D eigenvalue weighted by Gasteiger charge is 2.21. The van der Waals surface area contributed by atoms with Crippen LogP contribution in [0.15, 0.2) is 9.59 Å². The number of hydrogen-bond acceptors (Lipinski definition) is 3. The Morgan fingerprint density at radius 1 is 1.14 bits per heavy atom. The first kappa shape index (κ1) is 14.9. The monoisotopic (exact) mass is 323 g/mol. The fourth-order valence-corrected chi connectivity index (χ4v) is 3.12. The summed E-state index contributed by atoms with van der Waals surface area (Å²) >= 11 is 5.87. The van der Waals surface area contributed by atoms with Gasteiger partial charge in [0.15, 0.2) is 11.2 Å². The Bertz CT molecular complexity index is 1000. The molecule has 0 saturated heterocycles. The molecular formula is C14H18ClN5O2. The quantitative estimate of drug-likeness (QED) is 0.676. The number of imidazole rings is 2. The van der Waals surface area contributed by atoms with Gasteiger partial charge in [-0.1, -0.05) is 0 Å². The molecule has 3 rings (SSSR count). The zero-order valence-electron chi connectivity index (χ0n) is 13.1. The first-order valence-corrected chi connectivity index (χ1v) is 7.71. The van der Waals surface area contributed by atoms with E-state index in [0.29, 0.717) is 35.9 Å². The molecule has 0 saturated carbocycles. The molecule has 3 aromatic heterocycles. The predicted molar refractivity (Wildman–Crippen MR) is 86.1 cm³/mol. The van der Waals surface area contributed by atoms with E-state index in [-0.39, 0.29) is 11.2 Å². The van der Waals surface area contributed by atoms with Gasteiger partial charge in [0.05, 0.1) is 0 Å². The third kappa shape index (κ3) is 1.71. The smallest absolute Gasteiger partial charge is 0.313 e. The van der Waals surface area contributed by atoms with Gasteiger partial charge in [-0.2, -0.15) is 4.98 Å². The lowest BCUT2D eigenvalue weighted by atomic mass is 10.3. The minimum Gasteiger partial charge on any atom is -0.313 e. The van der Waals surface area contributed by atoms with E-state index in [9.17, 15) is 9.59 Å². The van der Waals surface area contributed by atoms with E-state index < -0.39 is 0 Å². The van der Waals surface area contributed by atoms with Crippen LogP contribution in [-0.2, 0) is 20.1 Å². The Kier molecular flexibility index (Phi) is 3.40. The molecular weight excluding hydrogens is 306 g/mol. The molecule has 0 spiro atoms. The van der Waals surface area contributed by atoms with Gasteiger partial charge in [0, 0.05) is 37.4 Å². The summed E-state index contributed by atoms with van der Waals surface area (Å²) in [4.78, 5) is 29.5. The van der Waals surface area contributed by atoms with Crippen molar-refractivity contribution in [3.8, 4) is 0 Å². The molecule has 3 heterocycles. The van der Waals surface area contributed by atoms with Crippen molar-refractivity contribution in [3.05, 3.63) is 32.2 Å². The summed E-state index contributed by atoms with van der Waals surface area (Å²) in [7, 11) is 1.64. The van der Waals surface area contributed by atoms with Crippen LogP contribution >= 0.6 is 11.6 Å². The fraction of sp³-hybridized carbons (Fsp3) is 0.500. The van der Waals surface area contributed by atoms with Crippen molar-refractivity contribution in [1.82, 2.24) is 23.1 Å². The lowest BCUT2D eigenvalue weighted by molar-refractivity contribution is 0.636. The lowest BCUT2D eigenvalue weighted by Gasteiger charge is -2.06. The molecule has 0 aromatic carbocycles. The summed E-state index contributed by atoms with van der Waals surface area (Å²) in [6.45, 7) is 6.63. The van der Waals surface area contributed by atoms with Crippen LogP contribution in [-0.4, -0.2) is 29.0 Å². The number of nitrogens with zero attached hydrogens (tertiary/aromatic N) is 5. The minimum atomic E-state index is -0.348. The molecule has 0 bridgehead atoms. The van der Waals surface area contributed by atoms with Gasteiger partial charge in [-0.05, 0) is 20.8 Å². The second kappa shape index (κ2) is 5.01. The van der Waals surface area contributed by atoms with Crippen LogP contribution in [0.1, 0.15) is 18.3 Å². The van der Waals surface area contributed by atoms with E-state index in [1.165, 1.54) is 9.13 Å². The maximum absolute atomic E-state index is 12.7. The number of fused-ring (bicyclic) bond motifs is 3. The topological polar surface area (TPSA) is 66.2 Å². The molecule has 118 valence electrons. The fourth-order valence-electron chi connectivity index (χ4n) is 2.95. The van der Waals surface area contributed by atoms with Crippen LogP contribution < -0.4 is 11.2 Å². The van der Waals surface area contributed by atoms with Crippen molar-refractivity contribution in [2.24, 2.45) is 7.05 Å². The Balaban J connectivity index is 2.62. The first-order valence-electron chi connectivity index (χ1n) is 7.17. The Hall–Kier alpha value is -2.02. The average Bonchev–Trinajstić information content (AvgIpc) is 2.98. The second-order valence-corrected chi connectivity index (χ2v) is 5.70. The molecule has 0 aliphatic carbocycles. The number of aromatic nitrogens is 5. The van der Waals surface area contributed by atoms with Crippen molar-refractivity contribution in [3.63, 3.8) is 0 Å². The molecule has 0 N–H and O–H groups in total. The van der Waals surface area contributed by atoms with Crippen molar-refractivity contribution in [2.45, 2.75) is 33.9 Å². The van der Waals surface area contributed by atoms with Crippen LogP contribution in [0.3, 0.4) is 0 Å². The summed E-state index contributed by atoms with van der Waals surface area (Å²) in [5, 5.41) is 0. The van der Waals surface area contributed by atoms with Crippen molar-refractivity contribution >= 4 is 28.5 Å². The van der Waals surface area contributed by atoms with Gasteiger partial charge in [-0.25, -0.2) is 4.79 Å². The first-order chi connectivity index (χ1) is 10.4. The van der Waals surface area contributed by atoms with Crippen LogP contribution in [0.25, 0.3) is 16.9 Å². The zero-order valence-corrected chi connectivity index (χ0v) is 13.8. The maximum Gasteiger partial charge on any atom is 0.332 e. The molecule has 0 aliphatic heterocycles. The van der Waals surface area contributed by atoms with E-state index in [2.05, 4.69) is 4.98 Å². The molecule has 0 radical (unpaired) electrons. The molecule has 0 amide bonds. The molecule has 0 atom stereocenters. The number of alkyl halides is 1. The van der Waals surface area contributed by atoms with Gasteiger partial charge in [0.1, 0.15) is 0 Å². The lowest BCUT2D eigenvalue weighted by Crippen LogP contribution is -2.38. The van der Waals surface area contributed by atoms with Crippen LogP contribution in [0, 0.1) is 13.8 Å². The third-order valence-corrected chi connectivity index (χ3v) is 4.42. The van der Waals surface area contributed by atoms with Gasteiger partial charge in [-0.3, -0.25) is 18.3 Å². The predicted octanol–water partition coefficient (Wildman–Crippen LogP) is 1.02. The molecule has 3 aromatic rings. The summed E-state index contributed by atoms with van der Waals surface area (Å²) < 4.78 is 6.45.